The van der Waals surface area contributed by atoms with Crippen LogP contribution in [0.1, 0.15) is 63.1 Å². The summed E-state index contributed by atoms with van der Waals surface area (Å²) in [5, 5.41) is 15.9. The van der Waals surface area contributed by atoms with Gasteiger partial charge in [0, 0.05) is 25.8 Å². The number of aryl methyl sites for hydroxylation is 1. The molecule has 0 aliphatic carbocycles. The van der Waals surface area contributed by atoms with Crippen LogP contribution >= 0.6 is 0 Å². The Morgan fingerprint density at radius 3 is 2.43 bits per heavy atom. The van der Waals surface area contributed by atoms with Crippen molar-refractivity contribution >= 4 is 11.9 Å². The third-order valence-electron chi connectivity index (χ3n) is 3.29. The molecule has 1 aromatic rings. The number of carboxylic acid groups (broad SMARTS) is 1. The molecule has 2 N–H and O–H groups in total. The quantitative estimate of drug-likeness (QED) is 0.799. The Labute approximate surface area is 137 Å². The number of carbonyl (C=O) groups excluding carboxylic acids is 1. The molecule has 1 rings (SSSR count). The lowest BCUT2D eigenvalue weighted by molar-refractivity contribution is -0.140. The van der Waals surface area contributed by atoms with Crippen LogP contribution in [-0.2, 0) is 16.6 Å². The lowest BCUT2D eigenvalue weighted by Crippen LogP contribution is -2.42. The maximum atomic E-state index is 12.2. The van der Waals surface area contributed by atoms with Gasteiger partial charge >= 0.3 is 5.97 Å². The summed E-state index contributed by atoms with van der Waals surface area (Å²) in [5.74, 6) is -1.35. The molecular formula is C16H27N3O4. The van der Waals surface area contributed by atoms with E-state index in [0.717, 1.165) is 5.69 Å². The molecule has 7 nitrogen and oxygen atoms in total. The van der Waals surface area contributed by atoms with Crippen molar-refractivity contribution in [1.82, 2.24) is 15.1 Å². The summed E-state index contributed by atoms with van der Waals surface area (Å²) in [6, 6.07) is 0.680. The van der Waals surface area contributed by atoms with Crippen LogP contribution in [0.4, 0.5) is 0 Å². The zero-order chi connectivity index (χ0) is 17.8. The molecule has 130 valence electrons. The van der Waals surface area contributed by atoms with Gasteiger partial charge in [-0.2, -0.15) is 5.10 Å². The zero-order valence-electron chi connectivity index (χ0n) is 14.7. The molecule has 0 bridgehead atoms. The van der Waals surface area contributed by atoms with Crippen molar-refractivity contribution in [3.63, 3.8) is 0 Å². The monoisotopic (exact) mass is 325 g/mol. The van der Waals surface area contributed by atoms with Crippen LogP contribution in [0.3, 0.4) is 0 Å². The Bertz CT molecular complexity index is 558. The van der Waals surface area contributed by atoms with Gasteiger partial charge in [-0.25, -0.2) is 4.79 Å². The number of hydrogen-bond acceptors (Lipinski definition) is 4. The van der Waals surface area contributed by atoms with Crippen LogP contribution in [0, 0.1) is 0 Å². The number of hydrogen-bond donors (Lipinski definition) is 2. The van der Waals surface area contributed by atoms with Gasteiger partial charge in [-0.05, 0) is 32.8 Å². The fourth-order valence-corrected chi connectivity index (χ4v) is 2.11. The number of amides is 1. The number of ether oxygens (including phenoxy) is 1. The average Bonchev–Trinajstić information content (AvgIpc) is 2.78. The van der Waals surface area contributed by atoms with Crippen molar-refractivity contribution in [2.75, 3.05) is 6.61 Å². The lowest BCUT2D eigenvalue weighted by Gasteiger charge is -2.21. The van der Waals surface area contributed by atoms with Crippen LogP contribution < -0.4 is 5.32 Å². The van der Waals surface area contributed by atoms with Gasteiger partial charge in [0.05, 0.1) is 5.60 Å². The van der Waals surface area contributed by atoms with Crippen molar-refractivity contribution in [2.45, 2.75) is 58.6 Å². The summed E-state index contributed by atoms with van der Waals surface area (Å²) >= 11 is 0. The summed E-state index contributed by atoms with van der Waals surface area (Å²) in [4.78, 5) is 23.5. The van der Waals surface area contributed by atoms with Gasteiger partial charge in [-0.1, -0.05) is 13.8 Å². The van der Waals surface area contributed by atoms with Gasteiger partial charge in [0.2, 0.25) is 0 Å². The van der Waals surface area contributed by atoms with Crippen LogP contribution in [0.5, 0.6) is 0 Å². The van der Waals surface area contributed by atoms with E-state index in [1.165, 1.54) is 0 Å². The molecule has 1 aromatic heterocycles. The van der Waals surface area contributed by atoms with Crippen LogP contribution in [0.15, 0.2) is 6.07 Å². The normalized spacial score (nSPS) is 13.2. The third-order valence-corrected chi connectivity index (χ3v) is 3.29. The van der Waals surface area contributed by atoms with E-state index in [4.69, 9.17) is 4.74 Å². The van der Waals surface area contributed by atoms with E-state index in [2.05, 4.69) is 10.4 Å². The smallest absolute Gasteiger partial charge is 0.326 e. The number of aliphatic carboxylic acids is 1. The first kappa shape index (κ1) is 19.2. The van der Waals surface area contributed by atoms with Gasteiger partial charge in [0.25, 0.3) is 5.91 Å². The second kappa shape index (κ2) is 7.59. The Hall–Kier alpha value is -1.89. The Morgan fingerprint density at radius 1 is 1.39 bits per heavy atom. The van der Waals surface area contributed by atoms with Gasteiger partial charge in [-0.15, -0.1) is 0 Å². The molecule has 1 unspecified atom stereocenters. The molecule has 0 aromatic carbocycles. The highest BCUT2D eigenvalue weighted by atomic mass is 16.5. The second-order valence-electron chi connectivity index (χ2n) is 6.85. The van der Waals surface area contributed by atoms with E-state index >= 15 is 0 Å². The molecule has 23 heavy (non-hydrogen) atoms. The third kappa shape index (κ3) is 6.02. The SMILES string of the molecule is CC(C)c1cc(C(=O)NC(CCOC(C)(C)C)C(=O)O)nn1C. The van der Waals surface area contributed by atoms with E-state index in [1.807, 2.05) is 34.6 Å². The first-order valence-electron chi connectivity index (χ1n) is 7.73. The fraction of sp³-hybridized carbons (Fsp3) is 0.688. The van der Waals surface area contributed by atoms with Gasteiger partial charge < -0.3 is 15.2 Å². The van der Waals surface area contributed by atoms with E-state index in [1.54, 1.807) is 17.8 Å². The van der Waals surface area contributed by atoms with E-state index in [9.17, 15) is 14.7 Å². The summed E-state index contributed by atoms with van der Waals surface area (Å²) in [6.45, 7) is 9.93. The Morgan fingerprint density at radius 2 is 2.00 bits per heavy atom. The van der Waals surface area contributed by atoms with Gasteiger partial charge in [-0.3, -0.25) is 9.48 Å². The van der Waals surface area contributed by atoms with Crippen molar-refractivity contribution < 1.29 is 19.4 Å². The maximum Gasteiger partial charge on any atom is 0.326 e. The molecule has 0 saturated heterocycles. The summed E-state index contributed by atoms with van der Waals surface area (Å²) < 4.78 is 7.15. The maximum absolute atomic E-state index is 12.2. The second-order valence-corrected chi connectivity index (χ2v) is 6.85. The van der Waals surface area contributed by atoms with Crippen molar-refractivity contribution in [3.05, 3.63) is 17.5 Å². The first-order valence-corrected chi connectivity index (χ1v) is 7.73. The van der Waals surface area contributed by atoms with E-state index in [-0.39, 0.29) is 30.2 Å². The zero-order valence-corrected chi connectivity index (χ0v) is 14.7. The number of aromatic nitrogens is 2. The van der Waals surface area contributed by atoms with Crippen molar-refractivity contribution in [3.8, 4) is 0 Å². The minimum absolute atomic E-state index is 0.197. The largest absolute Gasteiger partial charge is 0.480 e. The minimum atomic E-state index is -1.09. The molecule has 1 atom stereocenters. The van der Waals surface area contributed by atoms with Crippen LogP contribution in [0.25, 0.3) is 0 Å². The molecule has 1 heterocycles. The summed E-state index contributed by atoms with van der Waals surface area (Å²) in [5.41, 5.74) is 0.789. The molecule has 0 radical (unpaired) electrons. The molecule has 0 fully saturated rings. The molecule has 0 saturated carbocycles. The molecular weight excluding hydrogens is 298 g/mol. The molecule has 7 heteroatoms. The Kier molecular flexibility index (Phi) is 6.32. The number of carboxylic acids is 1. The van der Waals surface area contributed by atoms with Gasteiger partial charge in [0.15, 0.2) is 0 Å². The Balaban J connectivity index is 2.71. The van der Waals surface area contributed by atoms with Crippen molar-refractivity contribution in [1.29, 1.82) is 0 Å². The molecule has 0 aliphatic heterocycles. The topological polar surface area (TPSA) is 93.4 Å². The number of carbonyl (C=O) groups is 2. The minimum Gasteiger partial charge on any atom is -0.480 e. The van der Waals surface area contributed by atoms with E-state index in [0.29, 0.717) is 0 Å². The van der Waals surface area contributed by atoms with Gasteiger partial charge in [0.1, 0.15) is 11.7 Å². The van der Waals surface area contributed by atoms with Crippen LogP contribution in [0.2, 0.25) is 0 Å². The number of rotatable bonds is 7. The standard InChI is InChI=1S/C16H27N3O4/c1-10(2)13-9-12(18-19(13)6)14(20)17-11(15(21)22)7-8-23-16(3,4)5/h9-11H,7-8H2,1-6H3,(H,17,20)(H,21,22). The summed E-state index contributed by atoms with van der Waals surface area (Å²) in [6.07, 6.45) is 0.197. The molecule has 0 aliphatic rings. The predicted octanol–water partition coefficient (Wildman–Crippen LogP) is 1.93. The predicted molar refractivity (Wildman–Crippen MR) is 86.5 cm³/mol. The number of nitrogens with one attached hydrogen (secondary N) is 1. The molecule has 0 spiro atoms. The summed E-state index contributed by atoms with van der Waals surface area (Å²) in [7, 11) is 1.76. The highest BCUT2D eigenvalue weighted by molar-refractivity contribution is 5.95. The fourth-order valence-electron chi connectivity index (χ4n) is 2.11. The molecule has 1 amide bonds. The first-order chi connectivity index (χ1) is 10.5. The van der Waals surface area contributed by atoms with E-state index < -0.39 is 17.9 Å². The number of nitrogens with zero attached hydrogens (tertiary/aromatic N) is 2. The van der Waals surface area contributed by atoms with Crippen LogP contribution in [-0.4, -0.2) is 45.0 Å². The highest BCUT2D eigenvalue weighted by Crippen LogP contribution is 2.15. The lowest BCUT2D eigenvalue weighted by atomic mass is 10.1. The highest BCUT2D eigenvalue weighted by Gasteiger charge is 2.23. The van der Waals surface area contributed by atoms with Crippen molar-refractivity contribution in [2.24, 2.45) is 7.05 Å². The average molecular weight is 325 g/mol.